The monoisotopic (exact) mass is 369 g/mol. The highest BCUT2D eigenvalue weighted by atomic mass is 32.2. The number of nitrogens with one attached hydrogen (secondary N) is 1. The van der Waals surface area contributed by atoms with Crippen molar-refractivity contribution in [3.8, 4) is 0 Å². The van der Waals surface area contributed by atoms with Crippen LogP contribution in [0.15, 0.2) is 57.8 Å². The molecule has 134 valence electrons. The fraction of sp³-hybridized carbons (Fsp3) is 0.263. The topological polar surface area (TPSA) is 78.8 Å². The van der Waals surface area contributed by atoms with Crippen LogP contribution in [0.1, 0.15) is 24.0 Å². The van der Waals surface area contributed by atoms with Crippen LogP contribution in [0.4, 0.5) is 5.69 Å². The highest BCUT2D eigenvalue weighted by molar-refractivity contribution is 7.90. The predicted molar refractivity (Wildman–Crippen MR) is 99.7 cm³/mol. The number of aryl methyl sites for hydroxylation is 1. The average molecular weight is 369 g/mol. The smallest absolute Gasteiger partial charge is 0.285 e. The Bertz CT molecular complexity index is 1010. The molecule has 2 heterocycles. The molecule has 26 heavy (non-hydrogen) atoms. The van der Waals surface area contributed by atoms with Crippen molar-refractivity contribution in [1.82, 2.24) is 4.90 Å². The normalized spacial score (nSPS) is 20.6. The second kappa shape index (κ2) is 6.25. The van der Waals surface area contributed by atoms with E-state index in [2.05, 4.69) is 9.71 Å². The molecule has 1 amide bonds. The Morgan fingerprint density at radius 3 is 2.69 bits per heavy atom. The third kappa shape index (κ3) is 2.78. The van der Waals surface area contributed by atoms with Crippen molar-refractivity contribution < 1.29 is 13.2 Å². The molecule has 1 N–H and O–H groups in total. The SMILES string of the molecule is Cc1ccccc1NC(=O)[C@@H]1CCCN1C1=NS(=O)(=O)c2ccccc21. The number of hydrogen-bond acceptors (Lipinski definition) is 4. The molecule has 2 aliphatic rings. The molecule has 2 aromatic rings. The van der Waals surface area contributed by atoms with Crippen molar-refractivity contribution in [3.63, 3.8) is 0 Å². The lowest BCUT2D eigenvalue weighted by Crippen LogP contribution is -2.43. The maximum absolute atomic E-state index is 12.9. The van der Waals surface area contributed by atoms with Gasteiger partial charge in [-0.05, 0) is 43.5 Å². The number of likely N-dealkylation sites (tertiary alicyclic amines) is 1. The lowest BCUT2D eigenvalue weighted by atomic mass is 10.1. The summed E-state index contributed by atoms with van der Waals surface area (Å²) in [5, 5.41) is 2.97. The molecule has 0 bridgehead atoms. The molecule has 0 radical (unpaired) electrons. The number of carbonyl (C=O) groups excluding carboxylic acids is 1. The predicted octanol–water partition coefficient (Wildman–Crippen LogP) is 2.55. The molecule has 1 saturated heterocycles. The summed E-state index contributed by atoms with van der Waals surface area (Å²) in [6.45, 7) is 2.54. The minimum Gasteiger partial charge on any atom is -0.343 e. The van der Waals surface area contributed by atoms with Gasteiger partial charge in [-0.2, -0.15) is 8.42 Å². The van der Waals surface area contributed by atoms with Crippen LogP contribution < -0.4 is 5.32 Å². The number of benzene rings is 2. The molecule has 2 aromatic carbocycles. The lowest BCUT2D eigenvalue weighted by Gasteiger charge is -2.25. The number of nitrogens with zero attached hydrogens (tertiary/aromatic N) is 2. The van der Waals surface area contributed by atoms with Crippen molar-refractivity contribution in [3.05, 3.63) is 59.7 Å². The van der Waals surface area contributed by atoms with Crippen molar-refractivity contribution >= 4 is 27.5 Å². The summed E-state index contributed by atoms with van der Waals surface area (Å²) in [4.78, 5) is 14.9. The zero-order valence-electron chi connectivity index (χ0n) is 14.3. The Morgan fingerprint density at radius 1 is 1.15 bits per heavy atom. The summed E-state index contributed by atoms with van der Waals surface area (Å²) in [7, 11) is -3.69. The number of para-hydroxylation sites is 1. The Balaban J connectivity index is 1.64. The molecule has 2 aliphatic heterocycles. The van der Waals surface area contributed by atoms with E-state index < -0.39 is 16.1 Å². The van der Waals surface area contributed by atoms with Crippen molar-refractivity contribution in [2.45, 2.75) is 30.7 Å². The number of fused-ring (bicyclic) bond motifs is 1. The van der Waals surface area contributed by atoms with Crippen LogP contribution in [0.5, 0.6) is 0 Å². The molecule has 4 rings (SSSR count). The van der Waals surface area contributed by atoms with E-state index in [0.29, 0.717) is 24.4 Å². The quantitative estimate of drug-likeness (QED) is 0.882. The Kier molecular flexibility index (Phi) is 4.03. The van der Waals surface area contributed by atoms with Gasteiger partial charge in [0.1, 0.15) is 10.9 Å². The average Bonchev–Trinajstić information content (AvgIpc) is 3.20. The van der Waals surface area contributed by atoms with Crippen LogP contribution >= 0.6 is 0 Å². The van der Waals surface area contributed by atoms with E-state index in [1.165, 1.54) is 0 Å². The Hall–Kier alpha value is -2.67. The molecule has 1 atom stereocenters. The van der Waals surface area contributed by atoms with Crippen LogP contribution in [0.2, 0.25) is 0 Å². The van der Waals surface area contributed by atoms with E-state index in [0.717, 1.165) is 17.7 Å². The van der Waals surface area contributed by atoms with Crippen LogP contribution in [0, 0.1) is 6.92 Å². The Labute approximate surface area is 152 Å². The van der Waals surface area contributed by atoms with Gasteiger partial charge < -0.3 is 10.2 Å². The molecule has 0 saturated carbocycles. The first-order valence-corrected chi connectivity index (χ1v) is 9.99. The second-order valence-corrected chi connectivity index (χ2v) is 8.11. The third-order valence-corrected chi connectivity index (χ3v) is 6.17. The molecular formula is C19H19N3O3S. The highest BCUT2D eigenvalue weighted by Crippen LogP contribution is 2.31. The first-order chi connectivity index (χ1) is 12.5. The van der Waals surface area contributed by atoms with E-state index in [1.807, 2.05) is 36.1 Å². The summed E-state index contributed by atoms with van der Waals surface area (Å²) in [6, 6.07) is 13.9. The van der Waals surface area contributed by atoms with Crippen LogP contribution in [-0.4, -0.2) is 37.6 Å². The molecule has 0 aromatic heterocycles. The third-order valence-electron chi connectivity index (χ3n) is 4.84. The summed E-state index contributed by atoms with van der Waals surface area (Å²) in [5.41, 5.74) is 2.32. The minimum absolute atomic E-state index is 0.138. The van der Waals surface area contributed by atoms with Gasteiger partial charge in [0.25, 0.3) is 10.0 Å². The van der Waals surface area contributed by atoms with E-state index in [4.69, 9.17) is 0 Å². The fourth-order valence-corrected chi connectivity index (χ4v) is 4.73. The zero-order valence-corrected chi connectivity index (χ0v) is 15.2. The van der Waals surface area contributed by atoms with Crippen LogP contribution in [-0.2, 0) is 14.8 Å². The number of hydrogen-bond donors (Lipinski definition) is 1. The number of amides is 1. The van der Waals surface area contributed by atoms with Gasteiger partial charge >= 0.3 is 0 Å². The van der Waals surface area contributed by atoms with Gasteiger partial charge in [0.05, 0.1) is 0 Å². The summed E-state index contributed by atoms with van der Waals surface area (Å²) in [6.07, 6.45) is 1.48. The molecule has 0 unspecified atom stereocenters. The fourth-order valence-electron chi connectivity index (χ4n) is 3.52. The summed E-state index contributed by atoms with van der Waals surface area (Å²) < 4.78 is 28.6. The van der Waals surface area contributed by atoms with Gasteiger partial charge in [0.2, 0.25) is 5.91 Å². The van der Waals surface area contributed by atoms with E-state index >= 15 is 0 Å². The first-order valence-electron chi connectivity index (χ1n) is 8.55. The van der Waals surface area contributed by atoms with E-state index in [1.54, 1.807) is 24.3 Å². The summed E-state index contributed by atoms with van der Waals surface area (Å²) >= 11 is 0. The van der Waals surface area contributed by atoms with Gasteiger partial charge in [0, 0.05) is 17.8 Å². The first kappa shape index (κ1) is 16.8. The number of sulfonamides is 1. The molecule has 7 heteroatoms. The van der Waals surface area contributed by atoms with E-state index in [9.17, 15) is 13.2 Å². The Morgan fingerprint density at radius 2 is 1.88 bits per heavy atom. The molecule has 1 fully saturated rings. The van der Waals surface area contributed by atoms with Crippen molar-refractivity contribution in [1.29, 1.82) is 0 Å². The lowest BCUT2D eigenvalue weighted by molar-refractivity contribution is -0.119. The standard InChI is InChI=1S/C19H19N3O3S/c1-13-7-2-4-9-15(13)20-19(23)16-10-6-12-22(16)18-14-8-3-5-11-17(14)26(24,25)21-18/h2-5,7-9,11,16H,6,10,12H2,1H3,(H,20,23)/t16-/m0/s1. The maximum Gasteiger partial charge on any atom is 0.285 e. The molecule has 0 spiro atoms. The molecular weight excluding hydrogens is 350 g/mol. The number of amidine groups is 1. The second-order valence-electron chi connectivity index (χ2n) is 6.54. The van der Waals surface area contributed by atoms with Gasteiger partial charge in [-0.25, -0.2) is 0 Å². The molecule has 0 aliphatic carbocycles. The van der Waals surface area contributed by atoms with Gasteiger partial charge in [-0.1, -0.05) is 30.3 Å². The zero-order chi connectivity index (χ0) is 18.3. The van der Waals surface area contributed by atoms with Crippen molar-refractivity contribution in [2.75, 3.05) is 11.9 Å². The largest absolute Gasteiger partial charge is 0.343 e. The number of anilines is 1. The van der Waals surface area contributed by atoms with E-state index in [-0.39, 0.29) is 10.8 Å². The van der Waals surface area contributed by atoms with Gasteiger partial charge in [-0.3, -0.25) is 4.79 Å². The minimum atomic E-state index is -3.69. The van der Waals surface area contributed by atoms with Gasteiger partial charge in [0.15, 0.2) is 5.84 Å². The van der Waals surface area contributed by atoms with Crippen LogP contribution in [0.25, 0.3) is 0 Å². The maximum atomic E-state index is 12.9. The summed E-state index contributed by atoms with van der Waals surface area (Å²) in [5.74, 6) is 0.240. The van der Waals surface area contributed by atoms with Crippen LogP contribution in [0.3, 0.4) is 0 Å². The number of carbonyl (C=O) groups is 1. The van der Waals surface area contributed by atoms with Gasteiger partial charge in [-0.15, -0.1) is 4.40 Å². The number of rotatable bonds is 2. The molecule has 6 nitrogen and oxygen atoms in total. The van der Waals surface area contributed by atoms with Crippen molar-refractivity contribution in [2.24, 2.45) is 4.40 Å². The highest BCUT2D eigenvalue weighted by Gasteiger charge is 2.39.